The van der Waals surface area contributed by atoms with Crippen molar-refractivity contribution in [3.63, 3.8) is 0 Å². The van der Waals surface area contributed by atoms with Gasteiger partial charge >= 0.3 is 0 Å². The molecule has 2 rings (SSSR count). The number of nitro groups is 1. The molecule has 0 saturated carbocycles. The first-order valence-corrected chi connectivity index (χ1v) is 13.7. The van der Waals surface area contributed by atoms with Gasteiger partial charge in [0, 0.05) is 30.2 Å². The standard InChI is InChI=1S/C24H31ClN4O6S/c1-5-13-26-24(31)21(6-2)27(15-18-9-7-8-10-20(18)25)23(30)16-28(36(4,34)35)22-14-19(29(32)33)12-11-17(22)3/h7-12,14,21H,5-6,13,15-16H2,1-4H3,(H,26,31)/t21-/m1/s1. The van der Waals surface area contributed by atoms with E-state index in [-0.39, 0.29) is 30.2 Å². The predicted molar refractivity (Wildman–Crippen MR) is 139 cm³/mol. The first-order valence-electron chi connectivity index (χ1n) is 11.4. The van der Waals surface area contributed by atoms with Crippen LogP contribution in [0.25, 0.3) is 0 Å². The van der Waals surface area contributed by atoms with Gasteiger partial charge in [-0.15, -0.1) is 0 Å². The monoisotopic (exact) mass is 538 g/mol. The van der Waals surface area contributed by atoms with Gasteiger partial charge in [-0.05, 0) is 37.0 Å². The predicted octanol–water partition coefficient (Wildman–Crippen LogP) is 3.66. The third kappa shape index (κ3) is 7.41. The lowest BCUT2D eigenvalue weighted by molar-refractivity contribution is -0.384. The van der Waals surface area contributed by atoms with Gasteiger partial charge in [0.1, 0.15) is 12.6 Å². The zero-order valence-corrected chi connectivity index (χ0v) is 22.3. The topological polar surface area (TPSA) is 130 Å². The summed E-state index contributed by atoms with van der Waals surface area (Å²) in [4.78, 5) is 38.6. The summed E-state index contributed by atoms with van der Waals surface area (Å²) in [6, 6.07) is 9.78. The molecule has 0 fully saturated rings. The van der Waals surface area contributed by atoms with Crippen molar-refractivity contribution in [1.29, 1.82) is 0 Å². The van der Waals surface area contributed by atoms with Gasteiger partial charge in [-0.3, -0.25) is 24.0 Å². The molecule has 0 aliphatic carbocycles. The van der Waals surface area contributed by atoms with E-state index >= 15 is 0 Å². The van der Waals surface area contributed by atoms with Crippen LogP contribution in [0.2, 0.25) is 5.02 Å². The highest BCUT2D eigenvalue weighted by atomic mass is 35.5. The summed E-state index contributed by atoms with van der Waals surface area (Å²) < 4.78 is 26.3. The first kappa shape index (κ1) is 29.1. The van der Waals surface area contributed by atoms with Gasteiger partial charge < -0.3 is 10.2 Å². The molecule has 0 bridgehead atoms. The van der Waals surface area contributed by atoms with Crippen LogP contribution < -0.4 is 9.62 Å². The lowest BCUT2D eigenvalue weighted by Crippen LogP contribution is -2.52. The number of non-ortho nitro benzene ring substituents is 1. The summed E-state index contributed by atoms with van der Waals surface area (Å²) in [6.45, 7) is 4.99. The zero-order chi connectivity index (χ0) is 27.0. The van der Waals surface area contributed by atoms with Crippen molar-refractivity contribution >= 4 is 44.8 Å². The number of aryl methyl sites for hydroxylation is 1. The van der Waals surface area contributed by atoms with E-state index in [0.29, 0.717) is 29.1 Å². The van der Waals surface area contributed by atoms with Crippen LogP contribution in [0, 0.1) is 17.0 Å². The summed E-state index contributed by atoms with van der Waals surface area (Å²) in [5, 5.41) is 14.5. The van der Waals surface area contributed by atoms with Crippen molar-refractivity contribution in [3.05, 3.63) is 68.7 Å². The van der Waals surface area contributed by atoms with Gasteiger partial charge in [0.05, 0.1) is 16.9 Å². The molecule has 2 amide bonds. The Labute approximate surface area is 216 Å². The van der Waals surface area contributed by atoms with Crippen LogP contribution in [0.15, 0.2) is 42.5 Å². The molecule has 2 aromatic rings. The van der Waals surface area contributed by atoms with E-state index in [1.165, 1.54) is 17.0 Å². The van der Waals surface area contributed by atoms with Gasteiger partial charge in [-0.25, -0.2) is 8.42 Å². The summed E-state index contributed by atoms with van der Waals surface area (Å²) in [5.41, 5.74) is 0.729. The largest absolute Gasteiger partial charge is 0.354 e. The number of carbonyl (C=O) groups excluding carboxylic acids is 2. The highest BCUT2D eigenvalue weighted by Gasteiger charge is 2.32. The molecule has 36 heavy (non-hydrogen) atoms. The first-order chi connectivity index (χ1) is 16.9. The zero-order valence-electron chi connectivity index (χ0n) is 20.7. The smallest absolute Gasteiger partial charge is 0.271 e. The van der Waals surface area contributed by atoms with E-state index in [4.69, 9.17) is 11.6 Å². The van der Waals surface area contributed by atoms with E-state index in [0.717, 1.165) is 16.6 Å². The maximum absolute atomic E-state index is 13.7. The van der Waals surface area contributed by atoms with Crippen molar-refractivity contribution < 1.29 is 22.9 Å². The molecule has 0 spiro atoms. The van der Waals surface area contributed by atoms with Crippen LogP contribution >= 0.6 is 11.6 Å². The molecule has 0 heterocycles. The van der Waals surface area contributed by atoms with Crippen molar-refractivity contribution in [3.8, 4) is 0 Å². The summed E-state index contributed by atoms with van der Waals surface area (Å²) >= 11 is 6.32. The van der Waals surface area contributed by atoms with Gasteiger partial charge in [-0.2, -0.15) is 0 Å². The highest BCUT2D eigenvalue weighted by molar-refractivity contribution is 7.92. The van der Waals surface area contributed by atoms with E-state index in [9.17, 15) is 28.1 Å². The van der Waals surface area contributed by atoms with Crippen LogP contribution in [0.4, 0.5) is 11.4 Å². The molecule has 0 aliphatic rings. The van der Waals surface area contributed by atoms with E-state index in [1.807, 2.05) is 6.92 Å². The number of rotatable bonds is 12. The van der Waals surface area contributed by atoms with Crippen molar-refractivity contribution in [1.82, 2.24) is 10.2 Å². The fourth-order valence-corrected chi connectivity index (χ4v) is 4.76. The van der Waals surface area contributed by atoms with Gasteiger partial charge in [0.25, 0.3) is 5.69 Å². The van der Waals surface area contributed by atoms with Crippen LogP contribution in [0.5, 0.6) is 0 Å². The normalized spacial score (nSPS) is 12.0. The molecule has 1 N–H and O–H groups in total. The van der Waals surface area contributed by atoms with Crippen LogP contribution in [-0.4, -0.2) is 55.4 Å². The molecule has 196 valence electrons. The minimum absolute atomic E-state index is 0.0150. The number of carbonyl (C=O) groups is 2. The quantitative estimate of drug-likeness (QED) is 0.324. The lowest BCUT2D eigenvalue weighted by Gasteiger charge is -2.33. The fourth-order valence-electron chi connectivity index (χ4n) is 3.67. The molecule has 0 aromatic heterocycles. The molecular formula is C24H31ClN4O6S. The molecule has 0 radical (unpaired) electrons. The highest BCUT2D eigenvalue weighted by Crippen LogP contribution is 2.28. The SMILES string of the molecule is CCCNC(=O)[C@@H](CC)N(Cc1ccccc1Cl)C(=O)CN(c1cc([N+](=O)[O-])ccc1C)S(C)(=O)=O. The molecule has 0 saturated heterocycles. The number of amides is 2. The number of hydrogen-bond acceptors (Lipinski definition) is 6. The molecule has 0 unspecified atom stereocenters. The summed E-state index contributed by atoms with van der Waals surface area (Å²) in [7, 11) is -4.02. The second-order valence-electron chi connectivity index (χ2n) is 8.33. The van der Waals surface area contributed by atoms with E-state index in [1.54, 1.807) is 38.1 Å². The number of benzene rings is 2. The Morgan fingerprint density at radius 1 is 1.17 bits per heavy atom. The Kier molecular flexibility index (Phi) is 10.2. The molecule has 1 atom stereocenters. The number of sulfonamides is 1. The Morgan fingerprint density at radius 2 is 1.83 bits per heavy atom. The number of nitrogens with one attached hydrogen (secondary N) is 1. The van der Waals surface area contributed by atoms with Crippen molar-refractivity contribution in [2.24, 2.45) is 0 Å². The lowest BCUT2D eigenvalue weighted by atomic mass is 10.1. The Balaban J connectivity index is 2.53. The summed E-state index contributed by atoms with van der Waals surface area (Å²) in [6.07, 6.45) is 1.90. The Bertz CT molecular complexity index is 1220. The average molecular weight is 539 g/mol. The summed E-state index contributed by atoms with van der Waals surface area (Å²) in [5.74, 6) is -1.01. The fraction of sp³-hybridized carbons (Fsp3) is 0.417. The number of halogens is 1. The number of nitrogens with zero attached hydrogens (tertiary/aromatic N) is 3. The number of hydrogen-bond donors (Lipinski definition) is 1. The Hall–Kier alpha value is -3.18. The third-order valence-electron chi connectivity index (χ3n) is 5.59. The van der Waals surface area contributed by atoms with Crippen molar-refractivity contribution in [2.45, 2.75) is 46.2 Å². The molecule has 2 aromatic carbocycles. The van der Waals surface area contributed by atoms with Crippen LogP contribution in [-0.2, 0) is 26.2 Å². The van der Waals surface area contributed by atoms with Gasteiger partial charge in [0.2, 0.25) is 21.8 Å². The van der Waals surface area contributed by atoms with Crippen LogP contribution in [0.3, 0.4) is 0 Å². The average Bonchev–Trinajstić information content (AvgIpc) is 2.81. The molecule has 12 heteroatoms. The third-order valence-corrected chi connectivity index (χ3v) is 7.08. The molecule has 10 nitrogen and oxygen atoms in total. The van der Waals surface area contributed by atoms with Crippen LogP contribution in [0.1, 0.15) is 37.8 Å². The molecule has 0 aliphatic heterocycles. The van der Waals surface area contributed by atoms with E-state index in [2.05, 4.69) is 5.32 Å². The second-order valence-corrected chi connectivity index (χ2v) is 10.6. The van der Waals surface area contributed by atoms with Crippen molar-refractivity contribution in [2.75, 3.05) is 23.7 Å². The molecular weight excluding hydrogens is 508 g/mol. The minimum atomic E-state index is -4.02. The number of nitro benzene ring substituents is 1. The van der Waals surface area contributed by atoms with Gasteiger partial charge in [-0.1, -0.05) is 49.7 Å². The number of anilines is 1. The second kappa shape index (κ2) is 12.7. The maximum Gasteiger partial charge on any atom is 0.271 e. The van der Waals surface area contributed by atoms with Gasteiger partial charge in [0.15, 0.2) is 0 Å². The van der Waals surface area contributed by atoms with E-state index < -0.39 is 33.4 Å². The maximum atomic E-state index is 13.7. The minimum Gasteiger partial charge on any atom is -0.354 e. The Morgan fingerprint density at radius 3 is 2.39 bits per heavy atom.